The SMILES string of the molecule is CCN1C(=O)/C(=C/C=C2/SCCN2CCCCS(=O)(=O)O)SC1=S. The molecule has 10 heteroatoms. The Kier molecular flexibility index (Phi) is 7.17. The summed E-state index contributed by atoms with van der Waals surface area (Å²) in [5.41, 5.74) is 0. The van der Waals surface area contributed by atoms with Crippen molar-refractivity contribution < 1.29 is 17.8 Å². The molecule has 1 N–H and O–H groups in total. The van der Waals surface area contributed by atoms with Gasteiger partial charge in [0.15, 0.2) is 0 Å². The fourth-order valence-corrected chi connectivity index (χ4v) is 5.30. The number of amides is 1. The van der Waals surface area contributed by atoms with Gasteiger partial charge in [0.05, 0.1) is 15.7 Å². The van der Waals surface area contributed by atoms with Crippen LogP contribution in [0.3, 0.4) is 0 Å². The van der Waals surface area contributed by atoms with E-state index in [0.717, 1.165) is 23.9 Å². The molecule has 2 rings (SSSR count). The van der Waals surface area contributed by atoms with Gasteiger partial charge in [-0.25, -0.2) is 0 Å². The minimum absolute atomic E-state index is 0.0490. The summed E-state index contributed by atoms with van der Waals surface area (Å²) in [6.45, 7) is 4.10. The third-order valence-corrected chi connectivity index (χ3v) is 6.85. The standard InChI is InChI=1S/C14H20N2O4S4/c1-2-16-13(17)11(23-14(16)21)5-6-12-15(8-9-22-12)7-3-4-10-24(18,19)20/h5-6H,2-4,7-10H2,1H3,(H,18,19,20)/b11-5-,12-6+. The van der Waals surface area contributed by atoms with Crippen LogP contribution in [0.1, 0.15) is 19.8 Å². The summed E-state index contributed by atoms with van der Waals surface area (Å²) in [5.74, 6) is 0.715. The average Bonchev–Trinajstić information content (AvgIpc) is 3.05. The van der Waals surface area contributed by atoms with Gasteiger partial charge in [0, 0.05) is 25.4 Å². The third kappa shape index (κ3) is 5.48. The molecule has 0 aromatic carbocycles. The molecule has 0 aliphatic carbocycles. The number of hydrogen-bond donors (Lipinski definition) is 1. The topological polar surface area (TPSA) is 77.9 Å². The Bertz CT molecular complexity index is 672. The molecule has 0 saturated carbocycles. The average molecular weight is 409 g/mol. The van der Waals surface area contributed by atoms with Gasteiger partial charge >= 0.3 is 0 Å². The van der Waals surface area contributed by atoms with Crippen molar-refractivity contribution in [2.24, 2.45) is 0 Å². The molecule has 2 saturated heterocycles. The van der Waals surface area contributed by atoms with Gasteiger partial charge in [-0.2, -0.15) is 8.42 Å². The Morgan fingerprint density at radius 2 is 2.08 bits per heavy atom. The number of allylic oxidation sites excluding steroid dienone is 2. The van der Waals surface area contributed by atoms with Gasteiger partial charge in [0.2, 0.25) is 0 Å². The van der Waals surface area contributed by atoms with Crippen LogP contribution in [0.15, 0.2) is 22.1 Å². The molecule has 0 radical (unpaired) electrons. The Labute approximate surface area is 156 Å². The molecule has 2 aliphatic rings. The van der Waals surface area contributed by atoms with E-state index >= 15 is 0 Å². The molecule has 2 aliphatic heterocycles. The first kappa shape index (κ1) is 19.8. The van der Waals surface area contributed by atoms with E-state index in [1.807, 2.05) is 19.1 Å². The monoisotopic (exact) mass is 408 g/mol. The number of thiocarbonyl (C=S) groups is 1. The third-order valence-electron chi connectivity index (χ3n) is 3.57. The highest BCUT2D eigenvalue weighted by atomic mass is 32.2. The zero-order chi connectivity index (χ0) is 17.7. The van der Waals surface area contributed by atoms with E-state index in [2.05, 4.69) is 4.90 Å². The van der Waals surface area contributed by atoms with Gasteiger partial charge in [0.25, 0.3) is 16.0 Å². The molecule has 0 atom stereocenters. The molecule has 0 unspecified atom stereocenters. The second-order valence-electron chi connectivity index (χ2n) is 5.28. The van der Waals surface area contributed by atoms with Crippen molar-refractivity contribution >= 4 is 56.1 Å². The minimum Gasteiger partial charge on any atom is -0.366 e. The van der Waals surface area contributed by atoms with E-state index < -0.39 is 10.1 Å². The van der Waals surface area contributed by atoms with Crippen LogP contribution >= 0.6 is 35.7 Å². The lowest BCUT2D eigenvalue weighted by Crippen LogP contribution is -2.27. The quantitative estimate of drug-likeness (QED) is 0.298. The van der Waals surface area contributed by atoms with Gasteiger partial charge in [-0.15, -0.1) is 11.8 Å². The first-order valence-corrected chi connectivity index (χ1v) is 11.4. The number of carbonyl (C=O) groups is 1. The zero-order valence-electron chi connectivity index (χ0n) is 13.3. The predicted molar refractivity (Wildman–Crippen MR) is 103 cm³/mol. The number of thioether (sulfide) groups is 2. The lowest BCUT2D eigenvalue weighted by Gasteiger charge is -2.18. The summed E-state index contributed by atoms with van der Waals surface area (Å²) in [6.07, 6.45) is 4.87. The second-order valence-corrected chi connectivity index (χ2v) is 9.64. The van der Waals surface area contributed by atoms with Gasteiger partial charge in [-0.3, -0.25) is 14.2 Å². The van der Waals surface area contributed by atoms with Crippen LogP contribution in [0.25, 0.3) is 0 Å². The Balaban J connectivity index is 1.93. The Hall–Kier alpha value is -0.550. The zero-order valence-corrected chi connectivity index (χ0v) is 16.6. The molecule has 0 bridgehead atoms. The van der Waals surface area contributed by atoms with Crippen LogP contribution in [-0.2, 0) is 14.9 Å². The van der Waals surface area contributed by atoms with Crippen LogP contribution in [0.4, 0.5) is 0 Å². The van der Waals surface area contributed by atoms with Crippen LogP contribution in [0, 0.1) is 0 Å². The number of unbranched alkanes of at least 4 members (excludes halogenated alkanes) is 1. The Morgan fingerprint density at radius 3 is 2.71 bits per heavy atom. The van der Waals surface area contributed by atoms with Crippen LogP contribution in [-0.4, -0.2) is 64.1 Å². The smallest absolute Gasteiger partial charge is 0.266 e. The molecule has 24 heavy (non-hydrogen) atoms. The van der Waals surface area contributed by atoms with Crippen molar-refractivity contribution in [1.29, 1.82) is 0 Å². The Morgan fingerprint density at radius 1 is 1.33 bits per heavy atom. The van der Waals surface area contributed by atoms with Crippen LogP contribution < -0.4 is 0 Å². The summed E-state index contributed by atoms with van der Waals surface area (Å²) >= 11 is 8.22. The van der Waals surface area contributed by atoms with Crippen molar-refractivity contribution in [3.8, 4) is 0 Å². The summed E-state index contributed by atoms with van der Waals surface area (Å²) in [7, 11) is -3.88. The summed E-state index contributed by atoms with van der Waals surface area (Å²) in [4.78, 5) is 16.5. The molecule has 134 valence electrons. The lowest BCUT2D eigenvalue weighted by atomic mass is 10.3. The number of rotatable bonds is 7. The number of nitrogens with zero attached hydrogens (tertiary/aromatic N) is 2. The van der Waals surface area contributed by atoms with Crippen molar-refractivity contribution in [1.82, 2.24) is 9.80 Å². The summed E-state index contributed by atoms with van der Waals surface area (Å²) in [6, 6.07) is 0. The van der Waals surface area contributed by atoms with E-state index in [1.54, 1.807) is 16.7 Å². The van der Waals surface area contributed by atoms with Crippen molar-refractivity contribution in [3.63, 3.8) is 0 Å². The van der Waals surface area contributed by atoms with Crippen LogP contribution in [0.5, 0.6) is 0 Å². The van der Waals surface area contributed by atoms with Gasteiger partial charge in [-0.05, 0) is 31.9 Å². The fourth-order valence-electron chi connectivity index (χ4n) is 2.36. The highest BCUT2D eigenvalue weighted by Gasteiger charge is 2.30. The summed E-state index contributed by atoms with van der Waals surface area (Å²) < 4.78 is 30.8. The van der Waals surface area contributed by atoms with Crippen molar-refractivity contribution in [2.75, 3.05) is 31.1 Å². The largest absolute Gasteiger partial charge is 0.366 e. The maximum absolute atomic E-state index is 12.2. The lowest BCUT2D eigenvalue weighted by molar-refractivity contribution is -0.122. The molecule has 1 amide bonds. The molecule has 2 heterocycles. The molecular formula is C14H20N2O4S4. The molecule has 0 aromatic heterocycles. The molecular weight excluding hydrogens is 388 g/mol. The van der Waals surface area contributed by atoms with Gasteiger partial charge < -0.3 is 4.90 Å². The fraction of sp³-hybridized carbons (Fsp3) is 0.571. The maximum atomic E-state index is 12.2. The molecule has 2 fully saturated rings. The number of carbonyl (C=O) groups excluding carboxylic acids is 1. The van der Waals surface area contributed by atoms with Gasteiger partial charge in [-0.1, -0.05) is 24.0 Å². The van der Waals surface area contributed by atoms with E-state index in [-0.39, 0.29) is 11.7 Å². The van der Waals surface area contributed by atoms with Crippen molar-refractivity contribution in [3.05, 3.63) is 22.1 Å². The van der Waals surface area contributed by atoms with E-state index in [0.29, 0.717) is 28.6 Å². The highest BCUT2D eigenvalue weighted by Crippen LogP contribution is 2.32. The number of likely N-dealkylation sites (N-methyl/N-ethyl adjacent to an activating group) is 1. The second kappa shape index (κ2) is 8.70. The van der Waals surface area contributed by atoms with E-state index in [4.69, 9.17) is 16.8 Å². The number of hydrogen-bond acceptors (Lipinski definition) is 7. The highest BCUT2D eigenvalue weighted by molar-refractivity contribution is 8.26. The van der Waals surface area contributed by atoms with Crippen LogP contribution in [0.2, 0.25) is 0 Å². The van der Waals surface area contributed by atoms with E-state index in [1.165, 1.54) is 11.8 Å². The summed E-state index contributed by atoms with van der Waals surface area (Å²) in [5, 5.41) is 1.07. The predicted octanol–water partition coefficient (Wildman–Crippen LogP) is 2.31. The first-order valence-electron chi connectivity index (χ1n) is 7.60. The maximum Gasteiger partial charge on any atom is 0.266 e. The van der Waals surface area contributed by atoms with E-state index in [9.17, 15) is 13.2 Å². The minimum atomic E-state index is -3.88. The van der Waals surface area contributed by atoms with Crippen molar-refractivity contribution in [2.45, 2.75) is 19.8 Å². The molecule has 0 aromatic rings. The first-order chi connectivity index (χ1) is 11.3. The molecule has 6 nitrogen and oxygen atoms in total. The normalized spacial score (nSPS) is 22.4. The molecule has 0 spiro atoms. The van der Waals surface area contributed by atoms with Gasteiger partial charge in [0.1, 0.15) is 4.32 Å².